The number of hydrogen-bond donors (Lipinski definition) is 3. The van der Waals surface area contributed by atoms with Crippen molar-refractivity contribution in [3.8, 4) is 5.69 Å². The normalized spacial score (nSPS) is 11.5. The van der Waals surface area contributed by atoms with Gasteiger partial charge in [0.05, 0.1) is 23.0 Å². The van der Waals surface area contributed by atoms with Crippen molar-refractivity contribution >= 4 is 41.3 Å². The second-order valence-corrected chi connectivity index (χ2v) is 8.15. The van der Waals surface area contributed by atoms with Crippen LogP contribution in [0, 0.1) is 4.77 Å². The predicted molar refractivity (Wildman–Crippen MR) is 132 cm³/mol. The van der Waals surface area contributed by atoms with Gasteiger partial charge in [-0.2, -0.15) is 0 Å². The Hall–Kier alpha value is -3.68. The highest BCUT2D eigenvalue weighted by molar-refractivity contribution is 7.71. The Balaban J connectivity index is 1.51. The molecule has 4 aromatic rings. The number of benzene rings is 3. The molecule has 166 valence electrons. The number of aromatic nitrogens is 2. The summed E-state index contributed by atoms with van der Waals surface area (Å²) >= 11 is 11.4. The number of rotatable bonds is 7. The van der Waals surface area contributed by atoms with Crippen LogP contribution >= 0.6 is 23.8 Å². The molecule has 0 aliphatic heterocycles. The first-order valence-corrected chi connectivity index (χ1v) is 11.1. The minimum Gasteiger partial charge on any atom is -0.345 e. The summed E-state index contributed by atoms with van der Waals surface area (Å²) in [5, 5.41) is 6.21. The summed E-state index contributed by atoms with van der Waals surface area (Å²) in [5.74, 6) is -0.579. The van der Waals surface area contributed by atoms with Crippen LogP contribution in [0.2, 0.25) is 5.02 Å². The second-order valence-electron chi connectivity index (χ2n) is 7.35. The average Bonchev–Trinajstić information content (AvgIpc) is 3.25. The lowest BCUT2D eigenvalue weighted by molar-refractivity contribution is -0.116. The number of nitrogens with zero attached hydrogens (tertiary/aromatic N) is 1. The third kappa shape index (κ3) is 5.58. The van der Waals surface area contributed by atoms with Crippen LogP contribution in [0.5, 0.6) is 0 Å². The van der Waals surface area contributed by atoms with Crippen LogP contribution < -0.4 is 10.6 Å². The molecule has 1 aromatic heterocycles. The minimum absolute atomic E-state index is 0.0496. The van der Waals surface area contributed by atoms with E-state index in [4.69, 9.17) is 23.8 Å². The first kappa shape index (κ1) is 22.5. The summed E-state index contributed by atoms with van der Waals surface area (Å²) in [7, 11) is 0. The van der Waals surface area contributed by atoms with E-state index in [-0.39, 0.29) is 18.2 Å². The fourth-order valence-electron chi connectivity index (χ4n) is 3.47. The number of carbonyl (C=O) groups excluding carboxylic acids is 2. The summed E-state index contributed by atoms with van der Waals surface area (Å²) in [4.78, 5) is 28.7. The molecular weight excluding hydrogens is 456 g/mol. The Bertz CT molecular complexity index is 1330. The molecule has 3 N–H and O–H groups in total. The number of halogens is 1. The molecular formula is C25H21ClN4O2S. The van der Waals surface area contributed by atoms with Crippen LogP contribution in [-0.4, -0.2) is 21.4 Å². The highest BCUT2D eigenvalue weighted by Gasteiger charge is 2.20. The quantitative estimate of drug-likeness (QED) is 0.300. The topological polar surface area (TPSA) is 78.9 Å². The number of H-pyrrole nitrogens is 1. The van der Waals surface area contributed by atoms with Gasteiger partial charge in [0.1, 0.15) is 0 Å². The number of imidazole rings is 1. The highest BCUT2D eigenvalue weighted by atomic mass is 35.5. The van der Waals surface area contributed by atoms with Crippen LogP contribution in [0.25, 0.3) is 5.69 Å². The van der Waals surface area contributed by atoms with Gasteiger partial charge in [-0.25, -0.2) is 0 Å². The third-order valence-corrected chi connectivity index (χ3v) is 5.72. The van der Waals surface area contributed by atoms with Crippen molar-refractivity contribution < 1.29 is 9.59 Å². The number of hydrogen-bond acceptors (Lipinski definition) is 3. The van der Waals surface area contributed by atoms with E-state index in [1.807, 2.05) is 59.3 Å². The molecule has 0 aliphatic carbocycles. The third-order valence-electron chi connectivity index (χ3n) is 5.07. The van der Waals surface area contributed by atoms with Crippen LogP contribution in [-0.2, 0) is 4.79 Å². The van der Waals surface area contributed by atoms with Crippen molar-refractivity contribution in [2.45, 2.75) is 12.5 Å². The van der Waals surface area contributed by atoms with E-state index in [9.17, 15) is 9.59 Å². The molecule has 1 unspecified atom stereocenters. The van der Waals surface area contributed by atoms with Crippen LogP contribution in [0.1, 0.15) is 28.4 Å². The van der Waals surface area contributed by atoms with Gasteiger partial charge >= 0.3 is 0 Å². The van der Waals surface area contributed by atoms with Gasteiger partial charge in [0.2, 0.25) is 5.91 Å². The number of anilines is 1. The molecule has 8 heteroatoms. The fraction of sp³-hybridized carbons (Fsp3) is 0.0800. The molecule has 1 atom stereocenters. The molecule has 0 saturated heterocycles. The SMILES string of the molecule is O=C(CC(NC(=O)c1ccccc1Cl)c1ccccc1)Nc1cccc(-n2cc[nH]c2=S)c1. The Labute approximate surface area is 201 Å². The maximum Gasteiger partial charge on any atom is 0.253 e. The number of amides is 2. The van der Waals surface area contributed by atoms with E-state index in [0.29, 0.717) is 21.0 Å². The van der Waals surface area contributed by atoms with Crippen molar-refractivity contribution in [2.24, 2.45) is 0 Å². The van der Waals surface area contributed by atoms with Gasteiger partial charge in [0.25, 0.3) is 5.91 Å². The second kappa shape index (κ2) is 10.3. The molecule has 6 nitrogen and oxygen atoms in total. The Morgan fingerprint density at radius 2 is 1.76 bits per heavy atom. The molecule has 0 bridgehead atoms. The molecule has 1 heterocycles. The maximum atomic E-state index is 12.9. The zero-order valence-corrected chi connectivity index (χ0v) is 19.1. The standard InChI is InChI=1S/C25H21ClN4O2S/c26-21-12-5-4-11-20(21)24(32)29-22(17-7-2-1-3-8-17)16-23(31)28-18-9-6-10-19(15-18)30-14-13-27-25(30)33/h1-15,22H,16H2,(H,27,33)(H,28,31)(H,29,32). The van der Waals surface area contributed by atoms with Crippen molar-refractivity contribution in [2.75, 3.05) is 5.32 Å². The van der Waals surface area contributed by atoms with Gasteiger partial charge in [-0.1, -0.05) is 60.1 Å². The zero-order chi connectivity index (χ0) is 23.2. The van der Waals surface area contributed by atoms with Gasteiger partial charge in [0, 0.05) is 23.8 Å². The van der Waals surface area contributed by atoms with E-state index >= 15 is 0 Å². The lowest BCUT2D eigenvalue weighted by atomic mass is 10.0. The Kier molecular flexibility index (Phi) is 7.02. The molecule has 4 rings (SSSR count). The maximum absolute atomic E-state index is 12.9. The Morgan fingerprint density at radius 3 is 2.48 bits per heavy atom. The van der Waals surface area contributed by atoms with Crippen LogP contribution in [0.3, 0.4) is 0 Å². The molecule has 0 aliphatic rings. The predicted octanol–water partition coefficient (Wildman–Crippen LogP) is 5.69. The molecule has 2 amide bonds. The van der Waals surface area contributed by atoms with Gasteiger partial charge in [-0.15, -0.1) is 0 Å². The highest BCUT2D eigenvalue weighted by Crippen LogP contribution is 2.22. The first-order chi connectivity index (χ1) is 16.0. The molecule has 33 heavy (non-hydrogen) atoms. The van der Waals surface area contributed by atoms with Crippen molar-refractivity contribution in [1.29, 1.82) is 0 Å². The van der Waals surface area contributed by atoms with Crippen molar-refractivity contribution in [3.05, 3.63) is 112 Å². The number of nitrogens with one attached hydrogen (secondary N) is 3. The fourth-order valence-corrected chi connectivity index (χ4v) is 3.93. The largest absolute Gasteiger partial charge is 0.345 e. The molecule has 0 radical (unpaired) electrons. The number of aromatic amines is 1. The van der Waals surface area contributed by atoms with Gasteiger partial charge in [-0.3, -0.25) is 14.2 Å². The van der Waals surface area contributed by atoms with Crippen LogP contribution in [0.4, 0.5) is 5.69 Å². The zero-order valence-electron chi connectivity index (χ0n) is 17.5. The first-order valence-electron chi connectivity index (χ1n) is 10.3. The summed E-state index contributed by atoms with van der Waals surface area (Å²) in [6.07, 6.45) is 3.62. The summed E-state index contributed by atoms with van der Waals surface area (Å²) in [6.45, 7) is 0. The summed E-state index contributed by atoms with van der Waals surface area (Å²) < 4.78 is 2.37. The monoisotopic (exact) mass is 476 g/mol. The van der Waals surface area contributed by atoms with Gasteiger partial charge < -0.3 is 15.6 Å². The average molecular weight is 477 g/mol. The van der Waals surface area contributed by atoms with Crippen LogP contribution in [0.15, 0.2) is 91.3 Å². The minimum atomic E-state index is -0.531. The molecule has 3 aromatic carbocycles. The van der Waals surface area contributed by atoms with Gasteiger partial charge in [0.15, 0.2) is 4.77 Å². The van der Waals surface area contributed by atoms with E-state index < -0.39 is 6.04 Å². The molecule has 0 fully saturated rings. The summed E-state index contributed by atoms with van der Waals surface area (Å²) in [6, 6.07) is 23.0. The van der Waals surface area contributed by atoms with E-state index in [2.05, 4.69) is 15.6 Å². The Morgan fingerprint density at radius 1 is 1.00 bits per heavy atom. The van der Waals surface area contributed by atoms with E-state index in [1.54, 1.807) is 36.5 Å². The van der Waals surface area contributed by atoms with Crippen molar-refractivity contribution in [3.63, 3.8) is 0 Å². The van der Waals surface area contributed by atoms with E-state index in [0.717, 1.165) is 11.3 Å². The smallest absolute Gasteiger partial charge is 0.253 e. The molecule has 0 saturated carbocycles. The van der Waals surface area contributed by atoms with E-state index in [1.165, 1.54) is 0 Å². The lowest BCUT2D eigenvalue weighted by Crippen LogP contribution is -2.31. The summed E-state index contributed by atoms with van der Waals surface area (Å²) in [5.41, 5.74) is 2.63. The lowest BCUT2D eigenvalue weighted by Gasteiger charge is -2.19. The molecule has 0 spiro atoms. The van der Waals surface area contributed by atoms with Gasteiger partial charge in [-0.05, 0) is 48.1 Å². The number of carbonyl (C=O) groups is 2. The van der Waals surface area contributed by atoms with Crippen molar-refractivity contribution in [1.82, 2.24) is 14.9 Å².